The minimum atomic E-state index is 1.04. The van der Waals surface area contributed by atoms with Gasteiger partial charge in [-0.05, 0) is 133 Å². The van der Waals surface area contributed by atoms with Gasteiger partial charge in [0.1, 0.15) is 0 Å². The van der Waals surface area contributed by atoms with Crippen molar-refractivity contribution >= 4 is 27.7 Å². The van der Waals surface area contributed by atoms with Gasteiger partial charge in [-0.2, -0.15) is 0 Å². The smallest absolute Gasteiger partial charge is 0.0542 e. The van der Waals surface area contributed by atoms with Gasteiger partial charge in [-0.3, -0.25) is 0 Å². The standard InChI is InChI=1S/C65H49N/c1-3-48(59-37-41-62(52-22-10-5-11-23-52)64(45-59)54-26-14-7-15-27-54)32-31-47(2)66(61-39-35-51(36-40-61)57-30-18-29-56(43-57)49-19-8-4-9-20-49)65-46-60(38-42-63(65)53-24-12-6-13-25-53)58-34-33-50-21-16-17-28-55(50)44-58/h3-46H,1H2,2H3/b47-31+,48-32+. The van der Waals surface area contributed by atoms with Gasteiger partial charge in [-0.25, -0.2) is 0 Å². The molecular weight excluding hydrogens is 795 g/mol. The molecule has 0 bridgehead atoms. The fourth-order valence-electron chi connectivity index (χ4n) is 8.99. The summed E-state index contributed by atoms with van der Waals surface area (Å²) in [6, 6.07) is 89.4. The van der Waals surface area contributed by atoms with Crippen LogP contribution in [0.3, 0.4) is 0 Å². The molecule has 0 amide bonds. The lowest BCUT2D eigenvalue weighted by molar-refractivity contribution is 1.16. The largest absolute Gasteiger partial charge is 0.314 e. The average molecular weight is 844 g/mol. The number of anilines is 2. The van der Waals surface area contributed by atoms with Crippen LogP contribution in [0.5, 0.6) is 0 Å². The molecule has 0 aliphatic heterocycles. The second kappa shape index (κ2) is 19.1. The first-order valence-electron chi connectivity index (χ1n) is 22.6. The Bertz CT molecular complexity index is 3340. The molecule has 0 atom stereocenters. The SMILES string of the molecule is C=C/C(=C\C=C(/C)N(c1ccc(-c2cccc(-c3ccccc3)c2)cc1)c1cc(-c2ccc3ccccc3c2)ccc1-c1ccccc1)c1ccc(-c2ccccc2)c(-c2ccccc2)c1. The van der Waals surface area contributed by atoms with Gasteiger partial charge in [-0.15, -0.1) is 0 Å². The van der Waals surface area contributed by atoms with Crippen LogP contribution in [0.1, 0.15) is 12.5 Å². The number of rotatable bonds is 12. The van der Waals surface area contributed by atoms with Crippen molar-refractivity contribution in [2.24, 2.45) is 0 Å². The molecule has 0 N–H and O–H groups in total. The minimum Gasteiger partial charge on any atom is -0.314 e. The van der Waals surface area contributed by atoms with Gasteiger partial charge in [0.2, 0.25) is 0 Å². The van der Waals surface area contributed by atoms with Gasteiger partial charge < -0.3 is 4.90 Å². The Kier molecular flexibility index (Phi) is 12.0. The fraction of sp³-hybridized carbons (Fsp3) is 0.0154. The maximum absolute atomic E-state index is 4.33. The van der Waals surface area contributed by atoms with Gasteiger partial charge in [0.05, 0.1) is 5.69 Å². The van der Waals surface area contributed by atoms with Crippen LogP contribution in [0, 0.1) is 0 Å². The number of hydrogen-bond donors (Lipinski definition) is 0. The molecule has 0 aliphatic carbocycles. The molecule has 0 saturated carbocycles. The lowest BCUT2D eigenvalue weighted by Crippen LogP contribution is -2.15. The summed E-state index contributed by atoms with van der Waals surface area (Å²) in [5.74, 6) is 0. The molecule has 0 unspecified atom stereocenters. The fourth-order valence-corrected chi connectivity index (χ4v) is 8.99. The molecule has 1 nitrogen and oxygen atoms in total. The minimum absolute atomic E-state index is 1.04. The van der Waals surface area contributed by atoms with Crippen LogP contribution in [0.2, 0.25) is 0 Å². The Hall–Kier alpha value is -8.52. The van der Waals surface area contributed by atoms with E-state index in [4.69, 9.17) is 0 Å². The maximum Gasteiger partial charge on any atom is 0.0542 e. The third kappa shape index (κ3) is 8.84. The van der Waals surface area contributed by atoms with E-state index in [1.54, 1.807) is 0 Å². The molecule has 0 fully saturated rings. The number of allylic oxidation sites excluding steroid dienone is 5. The van der Waals surface area contributed by atoms with Gasteiger partial charge in [-0.1, -0.05) is 231 Å². The summed E-state index contributed by atoms with van der Waals surface area (Å²) >= 11 is 0. The highest BCUT2D eigenvalue weighted by Crippen LogP contribution is 2.42. The zero-order valence-corrected chi connectivity index (χ0v) is 37.1. The monoisotopic (exact) mass is 843 g/mol. The zero-order chi connectivity index (χ0) is 44.7. The van der Waals surface area contributed by atoms with Crippen molar-refractivity contribution in [3.63, 3.8) is 0 Å². The molecule has 0 aliphatic rings. The highest BCUT2D eigenvalue weighted by molar-refractivity contribution is 5.92. The molecule has 0 saturated heterocycles. The van der Waals surface area contributed by atoms with Crippen molar-refractivity contribution in [2.75, 3.05) is 4.90 Å². The van der Waals surface area contributed by atoms with E-state index in [1.165, 1.54) is 55.3 Å². The van der Waals surface area contributed by atoms with Crippen LogP contribution in [-0.2, 0) is 0 Å². The molecule has 0 radical (unpaired) electrons. The molecule has 10 rings (SSSR count). The Morgan fingerprint density at radius 1 is 0.348 bits per heavy atom. The van der Waals surface area contributed by atoms with Crippen LogP contribution >= 0.6 is 0 Å². The molecule has 0 aromatic heterocycles. The normalized spacial score (nSPS) is 11.7. The van der Waals surface area contributed by atoms with Gasteiger partial charge >= 0.3 is 0 Å². The molecule has 314 valence electrons. The second-order valence-electron chi connectivity index (χ2n) is 16.6. The van der Waals surface area contributed by atoms with Gasteiger partial charge in [0, 0.05) is 16.9 Å². The Morgan fingerprint density at radius 3 is 1.45 bits per heavy atom. The quantitative estimate of drug-likeness (QED) is 0.111. The average Bonchev–Trinajstić information content (AvgIpc) is 3.40. The summed E-state index contributed by atoms with van der Waals surface area (Å²) in [5, 5.41) is 2.45. The van der Waals surface area contributed by atoms with Crippen LogP contribution in [-0.4, -0.2) is 0 Å². The van der Waals surface area contributed by atoms with E-state index in [2.05, 4.69) is 279 Å². The highest BCUT2D eigenvalue weighted by Gasteiger charge is 2.19. The number of nitrogens with zero attached hydrogens (tertiary/aromatic N) is 1. The number of benzene rings is 10. The van der Waals surface area contributed by atoms with Crippen molar-refractivity contribution in [1.82, 2.24) is 0 Å². The zero-order valence-electron chi connectivity index (χ0n) is 37.1. The third-order valence-electron chi connectivity index (χ3n) is 12.4. The van der Waals surface area contributed by atoms with Crippen molar-refractivity contribution in [2.45, 2.75) is 6.92 Å². The predicted octanol–water partition coefficient (Wildman–Crippen LogP) is 18.2. The van der Waals surface area contributed by atoms with E-state index < -0.39 is 0 Å². The molecule has 1 heteroatoms. The summed E-state index contributed by atoms with van der Waals surface area (Å²) in [4.78, 5) is 2.40. The van der Waals surface area contributed by atoms with Crippen LogP contribution < -0.4 is 4.90 Å². The van der Waals surface area contributed by atoms with Crippen molar-refractivity contribution in [3.05, 3.63) is 285 Å². The highest BCUT2D eigenvalue weighted by atomic mass is 15.1. The van der Waals surface area contributed by atoms with E-state index in [1.807, 2.05) is 6.08 Å². The van der Waals surface area contributed by atoms with Crippen LogP contribution in [0.4, 0.5) is 11.4 Å². The van der Waals surface area contributed by atoms with E-state index in [0.29, 0.717) is 0 Å². The lowest BCUT2D eigenvalue weighted by Gasteiger charge is -2.29. The second-order valence-corrected chi connectivity index (χ2v) is 16.6. The molecular formula is C65H49N. The van der Waals surface area contributed by atoms with Crippen LogP contribution in [0.25, 0.3) is 83.1 Å². The first-order valence-corrected chi connectivity index (χ1v) is 22.6. The summed E-state index contributed by atoms with van der Waals surface area (Å²) < 4.78 is 0. The lowest BCUT2D eigenvalue weighted by atomic mass is 9.91. The van der Waals surface area contributed by atoms with Crippen molar-refractivity contribution < 1.29 is 0 Å². The van der Waals surface area contributed by atoms with E-state index in [0.717, 1.165) is 50.5 Å². The van der Waals surface area contributed by atoms with Crippen LogP contribution in [0.15, 0.2) is 279 Å². The number of hydrogen-bond acceptors (Lipinski definition) is 1. The van der Waals surface area contributed by atoms with Crippen molar-refractivity contribution in [1.29, 1.82) is 0 Å². The summed E-state index contributed by atoms with van der Waals surface area (Å²) in [7, 11) is 0. The Balaban J connectivity index is 1.11. The molecule has 0 heterocycles. The summed E-state index contributed by atoms with van der Waals surface area (Å²) in [5.41, 5.74) is 19.5. The molecule has 10 aromatic rings. The maximum atomic E-state index is 4.33. The molecule has 0 spiro atoms. The van der Waals surface area contributed by atoms with E-state index in [-0.39, 0.29) is 0 Å². The van der Waals surface area contributed by atoms with Crippen molar-refractivity contribution in [3.8, 4) is 66.8 Å². The third-order valence-corrected chi connectivity index (χ3v) is 12.4. The Labute approximate surface area is 389 Å². The summed E-state index contributed by atoms with van der Waals surface area (Å²) in [6.07, 6.45) is 6.41. The first-order chi connectivity index (χ1) is 32.6. The Morgan fingerprint density at radius 2 is 0.818 bits per heavy atom. The van der Waals surface area contributed by atoms with Gasteiger partial charge in [0.15, 0.2) is 0 Å². The van der Waals surface area contributed by atoms with E-state index in [9.17, 15) is 0 Å². The molecule has 66 heavy (non-hydrogen) atoms. The molecule has 10 aromatic carbocycles. The summed E-state index contributed by atoms with van der Waals surface area (Å²) in [6.45, 7) is 6.54. The van der Waals surface area contributed by atoms with E-state index >= 15 is 0 Å². The van der Waals surface area contributed by atoms with Gasteiger partial charge in [0.25, 0.3) is 0 Å². The predicted molar refractivity (Wildman–Crippen MR) is 284 cm³/mol. The number of fused-ring (bicyclic) bond motifs is 1. The first kappa shape index (κ1) is 41.5. The topological polar surface area (TPSA) is 3.24 Å².